The molecule has 2 saturated heterocycles. The van der Waals surface area contributed by atoms with Crippen molar-refractivity contribution in [2.24, 2.45) is 5.92 Å². The second-order valence-electron chi connectivity index (χ2n) is 5.89. The number of hydrogen-bond donors (Lipinski definition) is 0. The van der Waals surface area contributed by atoms with Gasteiger partial charge < -0.3 is 9.64 Å². The van der Waals surface area contributed by atoms with E-state index in [2.05, 4.69) is 4.98 Å². The molecule has 2 aliphatic heterocycles. The van der Waals surface area contributed by atoms with E-state index in [1.165, 1.54) is 4.31 Å². The summed E-state index contributed by atoms with van der Waals surface area (Å²) in [7, 11) is -3.59. The monoisotopic (exact) mass is 359 g/mol. The van der Waals surface area contributed by atoms with Crippen LogP contribution in [0.2, 0.25) is 0 Å². The maximum absolute atomic E-state index is 12.7. The minimum absolute atomic E-state index is 0.0449. The van der Waals surface area contributed by atoms with E-state index in [1.807, 2.05) is 0 Å². The number of morpholine rings is 1. The van der Waals surface area contributed by atoms with Crippen molar-refractivity contribution in [1.29, 1.82) is 0 Å². The molecule has 0 unspecified atom stereocenters. The van der Waals surface area contributed by atoms with Crippen LogP contribution in [-0.2, 0) is 19.6 Å². The number of aryl methyl sites for hydroxylation is 1. The fourth-order valence-electron chi connectivity index (χ4n) is 2.97. The number of ether oxygens (including phenoxy) is 1. The lowest BCUT2D eigenvalue weighted by molar-refractivity contribution is -0.140. The highest BCUT2D eigenvalue weighted by atomic mass is 32.2. The minimum Gasteiger partial charge on any atom is -0.378 e. The van der Waals surface area contributed by atoms with Crippen LogP contribution < -0.4 is 0 Å². The zero-order valence-corrected chi connectivity index (χ0v) is 14.7. The summed E-state index contributed by atoms with van der Waals surface area (Å²) in [5, 5.41) is 1.73. The molecule has 1 aromatic rings. The average molecular weight is 359 g/mol. The van der Waals surface area contributed by atoms with Gasteiger partial charge >= 0.3 is 0 Å². The first-order valence-corrected chi connectivity index (χ1v) is 10.1. The molecule has 1 aromatic heterocycles. The first kappa shape index (κ1) is 16.8. The number of carbonyl (C=O) groups is 1. The molecule has 3 rings (SSSR count). The number of thiazole rings is 1. The second-order valence-corrected chi connectivity index (χ2v) is 8.86. The summed E-state index contributed by atoms with van der Waals surface area (Å²) in [6, 6.07) is 0. The number of sulfonamides is 1. The Bertz CT molecular complexity index is 667. The molecule has 128 valence electrons. The Balaban J connectivity index is 1.71. The van der Waals surface area contributed by atoms with E-state index in [0.29, 0.717) is 45.0 Å². The van der Waals surface area contributed by atoms with E-state index in [0.717, 1.165) is 17.8 Å². The molecule has 9 heteroatoms. The number of piperidine rings is 1. The molecular formula is C14H21N3O4S2. The maximum Gasteiger partial charge on any atom is 0.270 e. The molecule has 0 saturated carbocycles. The smallest absolute Gasteiger partial charge is 0.270 e. The van der Waals surface area contributed by atoms with Gasteiger partial charge in [-0.2, -0.15) is 4.31 Å². The molecule has 0 spiro atoms. The Hall–Kier alpha value is -1.03. The molecule has 0 radical (unpaired) electrons. The average Bonchev–Trinajstić information content (AvgIpc) is 3.02. The molecule has 2 fully saturated rings. The highest BCUT2D eigenvalue weighted by Crippen LogP contribution is 2.26. The Labute approximate surface area is 140 Å². The standard InChI is InChI=1S/C14H21N3O4S2/c1-11-10-22-14(15-11)23(19,20)17-4-2-3-12(9-17)13(18)16-5-7-21-8-6-16/h10,12H,2-9H2,1H3/t12-/m0/s1. The molecule has 2 aliphatic rings. The summed E-state index contributed by atoms with van der Waals surface area (Å²) in [5.74, 6) is -0.221. The lowest BCUT2D eigenvalue weighted by atomic mass is 9.98. The summed E-state index contributed by atoms with van der Waals surface area (Å²) >= 11 is 1.14. The molecular weight excluding hydrogens is 338 g/mol. The van der Waals surface area contributed by atoms with Crippen molar-refractivity contribution in [2.75, 3.05) is 39.4 Å². The van der Waals surface area contributed by atoms with E-state index in [-0.39, 0.29) is 22.7 Å². The zero-order chi connectivity index (χ0) is 16.4. The summed E-state index contributed by atoms with van der Waals surface area (Å²) in [6.45, 7) is 4.76. The van der Waals surface area contributed by atoms with E-state index in [4.69, 9.17) is 4.74 Å². The number of nitrogens with zero attached hydrogens (tertiary/aromatic N) is 3. The van der Waals surface area contributed by atoms with Crippen LogP contribution in [-0.4, -0.2) is 67.9 Å². The number of amides is 1. The maximum atomic E-state index is 12.7. The summed E-state index contributed by atoms with van der Waals surface area (Å²) in [4.78, 5) is 18.5. The topological polar surface area (TPSA) is 79.8 Å². The Morgan fingerprint density at radius 3 is 2.74 bits per heavy atom. The highest BCUT2D eigenvalue weighted by molar-refractivity contribution is 7.91. The minimum atomic E-state index is -3.59. The third-order valence-corrected chi connectivity index (χ3v) is 7.43. The highest BCUT2D eigenvalue weighted by Gasteiger charge is 2.36. The number of rotatable bonds is 3. The van der Waals surface area contributed by atoms with Crippen LogP contribution in [0.3, 0.4) is 0 Å². The molecule has 1 atom stereocenters. The van der Waals surface area contributed by atoms with Crippen LogP contribution in [0.4, 0.5) is 0 Å². The summed E-state index contributed by atoms with van der Waals surface area (Å²) in [6.07, 6.45) is 1.43. The summed E-state index contributed by atoms with van der Waals surface area (Å²) in [5.41, 5.74) is 0.700. The lowest BCUT2D eigenvalue weighted by Crippen LogP contribution is -2.49. The normalized spacial score (nSPS) is 23.9. The molecule has 0 N–H and O–H groups in total. The van der Waals surface area contributed by atoms with Gasteiger partial charge in [-0.15, -0.1) is 11.3 Å². The third-order valence-electron chi connectivity index (χ3n) is 4.21. The van der Waals surface area contributed by atoms with Crippen LogP contribution in [0, 0.1) is 12.8 Å². The van der Waals surface area contributed by atoms with Crippen molar-refractivity contribution >= 4 is 27.3 Å². The predicted octanol–water partition coefficient (Wildman–Crippen LogP) is 0.711. The van der Waals surface area contributed by atoms with Crippen molar-refractivity contribution < 1.29 is 17.9 Å². The molecule has 0 bridgehead atoms. The fourth-order valence-corrected chi connectivity index (χ4v) is 5.66. The summed E-state index contributed by atoms with van der Waals surface area (Å²) < 4.78 is 32.1. The van der Waals surface area contributed by atoms with E-state index in [9.17, 15) is 13.2 Å². The number of hydrogen-bond acceptors (Lipinski definition) is 6. The van der Waals surface area contributed by atoms with Gasteiger partial charge in [-0.1, -0.05) is 0 Å². The lowest BCUT2D eigenvalue weighted by Gasteiger charge is -2.35. The van der Waals surface area contributed by atoms with E-state index < -0.39 is 10.0 Å². The Morgan fingerprint density at radius 2 is 2.09 bits per heavy atom. The first-order valence-electron chi connectivity index (χ1n) is 7.77. The van der Waals surface area contributed by atoms with Crippen LogP contribution in [0.25, 0.3) is 0 Å². The number of aromatic nitrogens is 1. The van der Waals surface area contributed by atoms with Gasteiger partial charge in [-0.3, -0.25) is 4.79 Å². The van der Waals surface area contributed by atoms with E-state index in [1.54, 1.807) is 17.2 Å². The van der Waals surface area contributed by atoms with Crippen molar-refractivity contribution in [3.63, 3.8) is 0 Å². The molecule has 0 aliphatic carbocycles. The number of carbonyl (C=O) groups excluding carboxylic acids is 1. The van der Waals surface area contributed by atoms with Crippen LogP contribution in [0.1, 0.15) is 18.5 Å². The van der Waals surface area contributed by atoms with E-state index >= 15 is 0 Å². The van der Waals surface area contributed by atoms with Crippen LogP contribution in [0.15, 0.2) is 9.72 Å². The van der Waals surface area contributed by atoms with Gasteiger partial charge in [0.15, 0.2) is 0 Å². The molecule has 7 nitrogen and oxygen atoms in total. The van der Waals surface area contributed by atoms with Crippen molar-refractivity contribution in [3.05, 3.63) is 11.1 Å². The van der Waals surface area contributed by atoms with Gasteiger partial charge in [0.2, 0.25) is 10.2 Å². The molecule has 1 amide bonds. The quantitative estimate of drug-likeness (QED) is 0.794. The Morgan fingerprint density at radius 1 is 1.35 bits per heavy atom. The van der Waals surface area contributed by atoms with Gasteiger partial charge in [0, 0.05) is 37.3 Å². The van der Waals surface area contributed by atoms with Gasteiger partial charge in [-0.25, -0.2) is 13.4 Å². The Kier molecular flexibility index (Phi) is 5.00. The van der Waals surface area contributed by atoms with Crippen molar-refractivity contribution in [3.8, 4) is 0 Å². The van der Waals surface area contributed by atoms with Gasteiger partial charge in [-0.05, 0) is 19.8 Å². The molecule has 23 heavy (non-hydrogen) atoms. The largest absolute Gasteiger partial charge is 0.378 e. The van der Waals surface area contributed by atoms with Crippen LogP contribution in [0.5, 0.6) is 0 Å². The first-order chi connectivity index (χ1) is 11.0. The van der Waals surface area contributed by atoms with Crippen molar-refractivity contribution in [1.82, 2.24) is 14.2 Å². The van der Waals surface area contributed by atoms with Crippen LogP contribution >= 0.6 is 11.3 Å². The van der Waals surface area contributed by atoms with Gasteiger partial charge in [0.05, 0.1) is 19.1 Å². The molecule has 3 heterocycles. The van der Waals surface area contributed by atoms with Crippen molar-refractivity contribution in [2.45, 2.75) is 24.1 Å². The fraction of sp³-hybridized carbons (Fsp3) is 0.714. The second kappa shape index (κ2) is 6.84. The van der Waals surface area contributed by atoms with Gasteiger partial charge in [0.1, 0.15) is 0 Å². The SMILES string of the molecule is Cc1csc(S(=O)(=O)N2CCC[C@H](C(=O)N3CCOCC3)C2)n1. The third kappa shape index (κ3) is 3.57. The van der Waals surface area contributed by atoms with Gasteiger partial charge in [0.25, 0.3) is 10.0 Å². The zero-order valence-electron chi connectivity index (χ0n) is 13.1. The predicted molar refractivity (Wildman–Crippen MR) is 85.7 cm³/mol. The molecule has 0 aromatic carbocycles.